The zero-order valence-electron chi connectivity index (χ0n) is 12.7. The Hall–Kier alpha value is -0.170. The Morgan fingerprint density at radius 3 is 2.58 bits per heavy atom. The van der Waals surface area contributed by atoms with Crippen LogP contribution in [0.1, 0.15) is 47.0 Å². The molecule has 5 nitrogen and oxygen atoms in total. The fourth-order valence-corrected chi connectivity index (χ4v) is 3.99. The molecule has 1 fully saturated rings. The van der Waals surface area contributed by atoms with Gasteiger partial charge in [0, 0.05) is 18.6 Å². The van der Waals surface area contributed by atoms with E-state index >= 15 is 0 Å². The number of nitrogens with zero attached hydrogens (tertiary/aromatic N) is 1. The summed E-state index contributed by atoms with van der Waals surface area (Å²) in [6.45, 7) is 11.0. The maximum absolute atomic E-state index is 12.4. The van der Waals surface area contributed by atoms with Crippen LogP contribution in [0.2, 0.25) is 0 Å². The summed E-state index contributed by atoms with van der Waals surface area (Å²) in [5.41, 5.74) is -0.382. The zero-order chi connectivity index (χ0) is 14.5. The van der Waals surface area contributed by atoms with Crippen molar-refractivity contribution in [3.8, 4) is 0 Å². The van der Waals surface area contributed by atoms with Gasteiger partial charge < -0.3 is 5.32 Å². The van der Waals surface area contributed by atoms with E-state index in [2.05, 4.69) is 17.0 Å². The Bertz CT molecular complexity index is 368. The molecule has 0 aromatic rings. The van der Waals surface area contributed by atoms with E-state index in [1.165, 1.54) is 0 Å². The second-order valence-electron chi connectivity index (χ2n) is 6.02. The van der Waals surface area contributed by atoms with E-state index in [-0.39, 0.29) is 5.54 Å². The monoisotopic (exact) mass is 291 g/mol. The van der Waals surface area contributed by atoms with Gasteiger partial charge >= 0.3 is 0 Å². The van der Waals surface area contributed by atoms with Crippen LogP contribution in [0.4, 0.5) is 0 Å². The van der Waals surface area contributed by atoms with Gasteiger partial charge in [0.15, 0.2) is 0 Å². The van der Waals surface area contributed by atoms with Crippen LogP contribution in [0.25, 0.3) is 0 Å². The predicted molar refractivity (Wildman–Crippen MR) is 79.3 cm³/mol. The van der Waals surface area contributed by atoms with Crippen molar-refractivity contribution in [1.82, 2.24) is 14.3 Å². The summed E-state index contributed by atoms with van der Waals surface area (Å²) in [4.78, 5) is 0. The summed E-state index contributed by atoms with van der Waals surface area (Å²) < 4.78 is 29.2. The largest absolute Gasteiger partial charge is 0.317 e. The molecule has 6 heteroatoms. The van der Waals surface area contributed by atoms with Crippen molar-refractivity contribution >= 4 is 10.2 Å². The van der Waals surface area contributed by atoms with E-state index in [4.69, 9.17) is 0 Å². The average molecular weight is 291 g/mol. The van der Waals surface area contributed by atoms with E-state index in [9.17, 15) is 8.42 Å². The van der Waals surface area contributed by atoms with E-state index < -0.39 is 10.2 Å². The van der Waals surface area contributed by atoms with Crippen LogP contribution in [0.3, 0.4) is 0 Å². The minimum absolute atomic E-state index is 0.382. The lowest BCUT2D eigenvalue weighted by atomic mass is 10.00. The topological polar surface area (TPSA) is 61.4 Å². The van der Waals surface area contributed by atoms with Crippen molar-refractivity contribution in [1.29, 1.82) is 0 Å². The molecule has 0 aromatic heterocycles. The molecule has 1 saturated heterocycles. The Balaban J connectivity index is 2.62. The minimum Gasteiger partial charge on any atom is -0.317 e. The molecule has 1 aliphatic heterocycles. The average Bonchev–Trinajstić information content (AvgIpc) is 2.35. The van der Waals surface area contributed by atoms with Crippen LogP contribution in [-0.4, -0.2) is 44.4 Å². The summed E-state index contributed by atoms with van der Waals surface area (Å²) in [5.74, 6) is 0.426. The molecule has 1 unspecified atom stereocenters. The van der Waals surface area contributed by atoms with E-state index in [1.807, 2.05) is 20.8 Å². The molecular weight excluding hydrogens is 262 g/mol. The second-order valence-corrected chi connectivity index (χ2v) is 7.69. The summed E-state index contributed by atoms with van der Waals surface area (Å²) in [6, 6.07) is 0. The third-order valence-electron chi connectivity index (χ3n) is 3.79. The van der Waals surface area contributed by atoms with Gasteiger partial charge in [0.05, 0.1) is 0 Å². The lowest BCUT2D eigenvalue weighted by Gasteiger charge is -2.35. The molecule has 0 aromatic carbocycles. The summed E-state index contributed by atoms with van der Waals surface area (Å²) in [7, 11) is -3.36. The van der Waals surface area contributed by atoms with Crippen LogP contribution in [0.5, 0.6) is 0 Å². The lowest BCUT2D eigenvalue weighted by Crippen LogP contribution is -2.53. The van der Waals surface area contributed by atoms with Gasteiger partial charge in [-0.05, 0) is 52.1 Å². The number of nitrogens with one attached hydrogen (secondary N) is 2. The first kappa shape index (κ1) is 16.9. The van der Waals surface area contributed by atoms with Crippen molar-refractivity contribution in [3.63, 3.8) is 0 Å². The van der Waals surface area contributed by atoms with Gasteiger partial charge in [-0.1, -0.05) is 13.8 Å². The molecule has 114 valence electrons. The van der Waals surface area contributed by atoms with Crippen LogP contribution < -0.4 is 10.0 Å². The number of rotatable bonds is 7. The zero-order valence-corrected chi connectivity index (χ0v) is 13.5. The summed E-state index contributed by atoms with van der Waals surface area (Å²) in [6.07, 6.45) is 2.83. The Morgan fingerprint density at radius 2 is 2.00 bits per heavy atom. The van der Waals surface area contributed by atoms with Gasteiger partial charge in [0.1, 0.15) is 0 Å². The maximum Gasteiger partial charge on any atom is 0.279 e. The van der Waals surface area contributed by atoms with Gasteiger partial charge in [-0.15, -0.1) is 0 Å². The molecule has 0 bridgehead atoms. The van der Waals surface area contributed by atoms with Crippen LogP contribution in [-0.2, 0) is 10.2 Å². The molecule has 0 amide bonds. The SMILES string of the molecule is CCNCC1CCCN(S(=O)(=O)NC(C)(C)CC)C1. The fourth-order valence-electron chi connectivity index (χ4n) is 2.25. The van der Waals surface area contributed by atoms with Crippen molar-refractivity contribution in [2.24, 2.45) is 5.92 Å². The Kier molecular flexibility index (Phi) is 6.23. The molecule has 0 aliphatic carbocycles. The van der Waals surface area contributed by atoms with Gasteiger partial charge in [-0.3, -0.25) is 0 Å². The summed E-state index contributed by atoms with van der Waals surface area (Å²) >= 11 is 0. The van der Waals surface area contributed by atoms with Crippen LogP contribution in [0, 0.1) is 5.92 Å². The standard InChI is InChI=1S/C13H29N3O2S/c1-5-13(3,4)15-19(17,18)16-9-7-8-12(11-16)10-14-6-2/h12,14-15H,5-11H2,1-4H3. The van der Waals surface area contributed by atoms with Crippen molar-refractivity contribution in [2.75, 3.05) is 26.2 Å². The normalized spacial score (nSPS) is 22.6. The van der Waals surface area contributed by atoms with Crippen molar-refractivity contribution in [2.45, 2.75) is 52.5 Å². The maximum atomic E-state index is 12.4. The summed E-state index contributed by atoms with van der Waals surface area (Å²) in [5, 5.41) is 3.31. The molecule has 1 heterocycles. The van der Waals surface area contributed by atoms with Gasteiger partial charge in [0.2, 0.25) is 0 Å². The Morgan fingerprint density at radius 1 is 1.32 bits per heavy atom. The highest BCUT2D eigenvalue weighted by molar-refractivity contribution is 7.87. The van der Waals surface area contributed by atoms with Crippen LogP contribution >= 0.6 is 0 Å². The molecule has 0 saturated carbocycles. The molecule has 0 radical (unpaired) electrons. The van der Waals surface area contributed by atoms with Gasteiger partial charge in [-0.2, -0.15) is 17.4 Å². The third-order valence-corrected chi connectivity index (χ3v) is 5.62. The second kappa shape index (κ2) is 7.02. The smallest absolute Gasteiger partial charge is 0.279 e. The number of hydrogen-bond donors (Lipinski definition) is 2. The fraction of sp³-hybridized carbons (Fsp3) is 1.00. The molecule has 2 N–H and O–H groups in total. The van der Waals surface area contributed by atoms with Crippen LogP contribution in [0.15, 0.2) is 0 Å². The minimum atomic E-state index is -3.36. The first-order valence-electron chi connectivity index (χ1n) is 7.30. The number of piperidine rings is 1. The van der Waals surface area contributed by atoms with E-state index in [0.29, 0.717) is 19.0 Å². The molecule has 0 spiro atoms. The quantitative estimate of drug-likeness (QED) is 0.744. The first-order valence-corrected chi connectivity index (χ1v) is 8.74. The van der Waals surface area contributed by atoms with Crippen molar-refractivity contribution in [3.05, 3.63) is 0 Å². The molecule has 1 atom stereocenters. The molecule has 19 heavy (non-hydrogen) atoms. The highest BCUT2D eigenvalue weighted by Crippen LogP contribution is 2.20. The first-order chi connectivity index (χ1) is 8.80. The predicted octanol–water partition coefficient (Wildman–Crippen LogP) is 1.33. The molecular formula is C13H29N3O2S. The highest BCUT2D eigenvalue weighted by Gasteiger charge is 2.32. The number of hydrogen-bond acceptors (Lipinski definition) is 3. The van der Waals surface area contributed by atoms with Gasteiger partial charge in [-0.25, -0.2) is 0 Å². The van der Waals surface area contributed by atoms with E-state index in [1.54, 1.807) is 4.31 Å². The third kappa shape index (κ3) is 5.38. The highest BCUT2D eigenvalue weighted by atomic mass is 32.2. The molecule has 1 aliphatic rings. The van der Waals surface area contributed by atoms with Gasteiger partial charge in [0.25, 0.3) is 10.2 Å². The van der Waals surface area contributed by atoms with Crippen molar-refractivity contribution < 1.29 is 8.42 Å². The molecule has 1 rings (SSSR count). The Labute approximate surface area is 118 Å². The van der Waals surface area contributed by atoms with E-state index in [0.717, 1.165) is 32.4 Å². The lowest BCUT2D eigenvalue weighted by molar-refractivity contribution is 0.254.